The van der Waals surface area contributed by atoms with E-state index < -0.39 is 5.97 Å². The van der Waals surface area contributed by atoms with Crippen molar-refractivity contribution in [2.24, 2.45) is 11.8 Å². The Labute approximate surface area is 124 Å². The lowest BCUT2D eigenvalue weighted by atomic mass is 9.77. The van der Waals surface area contributed by atoms with Crippen molar-refractivity contribution in [3.05, 3.63) is 30.1 Å². The maximum absolute atomic E-state index is 11.7. The van der Waals surface area contributed by atoms with Crippen LogP contribution in [0.5, 0.6) is 0 Å². The summed E-state index contributed by atoms with van der Waals surface area (Å²) in [6, 6.07) is 8.03. The number of nitrogens with zero attached hydrogens (tertiary/aromatic N) is 2. The van der Waals surface area contributed by atoms with Crippen LogP contribution in [-0.4, -0.2) is 20.6 Å². The molecule has 1 fully saturated rings. The van der Waals surface area contributed by atoms with Gasteiger partial charge in [-0.3, -0.25) is 4.79 Å². The molecule has 1 heterocycles. The molecule has 3 rings (SSSR count). The average molecular weight is 286 g/mol. The van der Waals surface area contributed by atoms with Gasteiger partial charge in [-0.15, -0.1) is 0 Å². The summed E-state index contributed by atoms with van der Waals surface area (Å²) in [5.74, 6) is 0.561. The molecule has 2 aromatic rings. The van der Waals surface area contributed by atoms with E-state index in [9.17, 15) is 9.90 Å². The second-order valence-corrected chi connectivity index (χ2v) is 6.12. The first kappa shape index (κ1) is 14.1. The van der Waals surface area contributed by atoms with Crippen molar-refractivity contribution >= 4 is 17.0 Å². The van der Waals surface area contributed by atoms with Crippen molar-refractivity contribution < 1.29 is 9.90 Å². The molecule has 0 bridgehead atoms. The highest BCUT2D eigenvalue weighted by Gasteiger charge is 2.36. The topological polar surface area (TPSA) is 55.1 Å². The fourth-order valence-corrected chi connectivity index (χ4v) is 3.76. The van der Waals surface area contributed by atoms with Gasteiger partial charge in [-0.2, -0.15) is 0 Å². The zero-order chi connectivity index (χ0) is 15.0. The maximum atomic E-state index is 11.7. The van der Waals surface area contributed by atoms with E-state index in [1.54, 1.807) is 0 Å². The first-order valence-electron chi connectivity index (χ1n) is 7.78. The predicted molar refractivity (Wildman–Crippen MR) is 82.3 cm³/mol. The molecule has 1 aromatic carbocycles. The van der Waals surface area contributed by atoms with Gasteiger partial charge in [0.2, 0.25) is 0 Å². The van der Waals surface area contributed by atoms with E-state index in [1.807, 2.05) is 31.2 Å². The zero-order valence-corrected chi connectivity index (χ0v) is 12.6. The lowest BCUT2D eigenvalue weighted by Gasteiger charge is -2.35. The van der Waals surface area contributed by atoms with Crippen molar-refractivity contribution in [3.8, 4) is 0 Å². The van der Waals surface area contributed by atoms with Gasteiger partial charge >= 0.3 is 5.97 Å². The van der Waals surface area contributed by atoms with Crippen LogP contribution in [0.4, 0.5) is 0 Å². The van der Waals surface area contributed by atoms with Crippen LogP contribution in [0.3, 0.4) is 0 Å². The highest BCUT2D eigenvalue weighted by Crippen LogP contribution is 2.40. The Kier molecular flexibility index (Phi) is 3.70. The van der Waals surface area contributed by atoms with Gasteiger partial charge in [0, 0.05) is 6.04 Å². The SMILES string of the molecule is CCC1CCC(C(=O)O)C(n2c(C)nc3ccccc32)C1. The number of carbonyl (C=O) groups is 1. The number of hydrogen-bond donors (Lipinski definition) is 1. The molecule has 0 aliphatic heterocycles. The van der Waals surface area contributed by atoms with Crippen LogP contribution in [0, 0.1) is 18.8 Å². The Balaban J connectivity index is 2.08. The van der Waals surface area contributed by atoms with Crippen LogP contribution >= 0.6 is 0 Å². The van der Waals surface area contributed by atoms with Crippen molar-refractivity contribution in [2.45, 2.75) is 45.6 Å². The molecule has 4 heteroatoms. The minimum Gasteiger partial charge on any atom is -0.481 e. The van der Waals surface area contributed by atoms with E-state index in [1.165, 1.54) is 0 Å². The van der Waals surface area contributed by atoms with E-state index >= 15 is 0 Å². The van der Waals surface area contributed by atoms with Gasteiger partial charge in [-0.05, 0) is 44.2 Å². The molecule has 1 aliphatic carbocycles. The Hall–Kier alpha value is -1.84. The number of carboxylic acid groups (broad SMARTS) is 1. The molecule has 1 aliphatic rings. The van der Waals surface area contributed by atoms with Gasteiger partial charge < -0.3 is 9.67 Å². The summed E-state index contributed by atoms with van der Waals surface area (Å²) in [5.41, 5.74) is 2.01. The van der Waals surface area contributed by atoms with Crippen LogP contribution < -0.4 is 0 Å². The fraction of sp³-hybridized carbons (Fsp3) is 0.529. The number of hydrogen-bond acceptors (Lipinski definition) is 2. The molecule has 112 valence electrons. The summed E-state index contributed by atoms with van der Waals surface area (Å²) in [6.45, 7) is 4.18. The highest BCUT2D eigenvalue weighted by molar-refractivity contribution is 5.77. The molecule has 1 saturated carbocycles. The number of carboxylic acids is 1. The summed E-state index contributed by atoms with van der Waals surface area (Å²) in [7, 11) is 0. The third kappa shape index (κ3) is 2.43. The first-order valence-corrected chi connectivity index (χ1v) is 7.78. The van der Waals surface area contributed by atoms with Crippen LogP contribution in [0.25, 0.3) is 11.0 Å². The van der Waals surface area contributed by atoms with Crippen LogP contribution in [0.2, 0.25) is 0 Å². The van der Waals surface area contributed by atoms with E-state index in [0.717, 1.165) is 42.5 Å². The minimum absolute atomic E-state index is 0.0219. The lowest BCUT2D eigenvalue weighted by molar-refractivity contribution is -0.145. The van der Waals surface area contributed by atoms with E-state index in [-0.39, 0.29) is 12.0 Å². The van der Waals surface area contributed by atoms with Crippen LogP contribution in [0.15, 0.2) is 24.3 Å². The van der Waals surface area contributed by atoms with Crippen molar-refractivity contribution in [3.63, 3.8) is 0 Å². The normalized spacial score (nSPS) is 26.1. The molecule has 3 atom stereocenters. The zero-order valence-electron chi connectivity index (χ0n) is 12.6. The molecule has 0 radical (unpaired) electrons. The average Bonchev–Trinajstić information content (AvgIpc) is 2.82. The smallest absolute Gasteiger partial charge is 0.308 e. The minimum atomic E-state index is -0.674. The largest absolute Gasteiger partial charge is 0.481 e. The standard InChI is InChI=1S/C17H22N2O2/c1-3-12-8-9-13(17(20)21)16(10-12)19-11(2)18-14-6-4-5-7-15(14)19/h4-7,12-13,16H,3,8-10H2,1-2H3,(H,20,21). The molecule has 1 N–H and O–H groups in total. The van der Waals surface area contributed by atoms with Gasteiger partial charge in [0.05, 0.1) is 17.0 Å². The number of para-hydroxylation sites is 2. The molecular formula is C17H22N2O2. The van der Waals surface area contributed by atoms with Gasteiger partial charge in [0.25, 0.3) is 0 Å². The van der Waals surface area contributed by atoms with Crippen molar-refractivity contribution in [2.75, 3.05) is 0 Å². The third-order valence-corrected chi connectivity index (χ3v) is 4.92. The quantitative estimate of drug-likeness (QED) is 0.933. The lowest BCUT2D eigenvalue weighted by Crippen LogP contribution is -2.33. The Morgan fingerprint density at radius 2 is 2.14 bits per heavy atom. The molecule has 0 spiro atoms. The Morgan fingerprint density at radius 3 is 2.86 bits per heavy atom. The van der Waals surface area contributed by atoms with E-state index in [0.29, 0.717) is 5.92 Å². The van der Waals surface area contributed by atoms with Crippen molar-refractivity contribution in [1.29, 1.82) is 0 Å². The van der Waals surface area contributed by atoms with E-state index in [4.69, 9.17) is 0 Å². The molecular weight excluding hydrogens is 264 g/mol. The van der Waals surface area contributed by atoms with Gasteiger partial charge in [-0.1, -0.05) is 25.5 Å². The molecule has 0 amide bonds. The summed E-state index contributed by atoms with van der Waals surface area (Å²) in [4.78, 5) is 16.3. The third-order valence-electron chi connectivity index (χ3n) is 4.92. The van der Waals surface area contributed by atoms with Crippen LogP contribution in [0.1, 0.15) is 44.5 Å². The van der Waals surface area contributed by atoms with Crippen LogP contribution in [-0.2, 0) is 4.79 Å². The summed E-state index contributed by atoms with van der Waals surface area (Å²) >= 11 is 0. The number of aryl methyl sites for hydroxylation is 1. The fourth-order valence-electron chi connectivity index (χ4n) is 3.76. The first-order chi connectivity index (χ1) is 10.1. The highest BCUT2D eigenvalue weighted by atomic mass is 16.4. The number of rotatable bonds is 3. The maximum Gasteiger partial charge on any atom is 0.308 e. The van der Waals surface area contributed by atoms with Gasteiger partial charge in [0.1, 0.15) is 5.82 Å². The molecule has 1 aromatic heterocycles. The second kappa shape index (κ2) is 5.51. The predicted octanol–water partition coefficient (Wildman–Crippen LogP) is 3.80. The van der Waals surface area contributed by atoms with Gasteiger partial charge in [0.15, 0.2) is 0 Å². The monoisotopic (exact) mass is 286 g/mol. The molecule has 3 unspecified atom stereocenters. The Bertz CT molecular complexity index is 662. The Morgan fingerprint density at radius 1 is 1.38 bits per heavy atom. The van der Waals surface area contributed by atoms with E-state index in [2.05, 4.69) is 16.5 Å². The second-order valence-electron chi connectivity index (χ2n) is 6.12. The van der Waals surface area contributed by atoms with Crippen molar-refractivity contribution in [1.82, 2.24) is 9.55 Å². The summed E-state index contributed by atoms with van der Waals surface area (Å²) in [6.07, 6.45) is 3.85. The number of aliphatic carboxylic acids is 1. The number of imidazole rings is 1. The number of benzene rings is 1. The molecule has 0 saturated heterocycles. The van der Waals surface area contributed by atoms with Gasteiger partial charge in [-0.25, -0.2) is 4.98 Å². The molecule has 4 nitrogen and oxygen atoms in total. The summed E-state index contributed by atoms with van der Waals surface area (Å²) in [5, 5.41) is 9.60. The number of aromatic nitrogens is 2. The molecule has 21 heavy (non-hydrogen) atoms. The number of fused-ring (bicyclic) bond motifs is 1. The summed E-state index contributed by atoms with van der Waals surface area (Å²) < 4.78 is 2.16.